The van der Waals surface area contributed by atoms with E-state index in [2.05, 4.69) is 5.32 Å². The first-order chi connectivity index (χ1) is 10.6. The van der Waals surface area contributed by atoms with Crippen LogP contribution in [0.1, 0.15) is 38.2 Å². The number of nitrogens with one attached hydrogen (secondary N) is 1. The van der Waals surface area contributed by atoms with E-state index >= 15 is 0 Å². The summed E-state index contributed by atoms with van der Waals surface area (Å²) in [6, 6.07) is 7.84. The average molecular weight is 323 g/mol. The Balaban J connectivity index is 1.77. The van der Waals surface area contributed by atoms with Crippen LogP contribution in [-0.4, -0.2) is 35.8 Å². The van der Waals surface area contributed by atoms with Crippen molar-refractivity contribution in [2.24, 2.45) is 0 Å². The smallest absolute Gasteiger partial charge is 0.239 e. The van der Waals surface area contributed by atoms with E-state index in [0.717, 1.165) is 37.7 Å². The van der Waals surface area contributed by atoms with E-state index in [9.17, 15) is 9.59 Å². The molecule has 0 atom stereocenters. The predicted octanol–water partition coefficient (Wildman–Crippen LogP) is 2.79. The second-order valence-electron chi connectivity index (χ2n) is 5.82. The number of rotatable bonds is 6. The van der Waals surface area contributed by atoms with Gasteiger partial charge in [-0.15, -0.1) is 0 Å². The molecule has 4 nitrogen and oxygen atoms in total. The summed E-state index contributed by atoms with van der Waals surface area (Å²) >= 11 is 5.93. The van der Waals surface area contributed by atoms with Crippen LogP contribution in [0.25, 0.3) is 0 Å². The van der Waals surface area contributed by atoms with Gasteiger partial charge in [0.1, 0.15) is 0 Å². The molecule has 5 heteroatoms. The molecule has 0 aliphatic heterocycles. The molecular weight excluding hydrogens is 300 g/mol. The molecule has 0 aromatic heterocycles. The Morgan fingerprint density at radius 1 is 1.32 bits per heavy atom. The van der Waals surface area contributed by atoms with Gasteiger partial charge in [-0.3, -0.25) is 9.59 Å². The molecule has 1 aromatic rings. The van der Waals surface area contributed by atoms with Gasteiger partial charge in [0.15, 0.2) is 0 Å². The largest absolute Gasteiger partial charge is 0.354 e. The molecule has 1 aliphatic carbocycles. The predicted molar refractivity (Wildman–Crippen MR) is 87.8 cm³/mol. The fraction of sp³-hybridized carbons (Fsp3) is 0.529. The van der Waals surface area contributed by atoms with Crippen LogP contribution in [-0.2, 0) is 16.0 Å². The van der Waals surface area contributed by atoms with E-state index in [4.69, 9.17) is 11.6 Å². The Kier molecular flexibility index (Phi) is 6.25. The standard InChI is InChI=1S/C17H23ClN2O2/c1-13(21)20(16-7-2-3-8-16)12-17(22)19-10-9-14-5-4-6-15(18)11-14/h4-6,11,16H,2-3,7-10,12H2,1H3,(H,19,22). The molecule has 0 spiro atoms. The first-order valence-corrected chi connectivity index (χ1v) is 8.22. The summed E-state index contributed by atoms with van der Waals surface area (Å²) in [6.07, 6.45) is 5.04. The molecular formula is C17H23ClN2O2. The minimum absolute atomic E-state index is 0.0168. The second-order valence-corrected chi connectivity index (χ2v) is 6.25. The van der Waals surface area contributed by atoms with Crippen LogP contribution in [0.5, 0.6) is 0 Å². The number of halogens is 1. The third-order valence-corrected chi connectivity index (χ3v) is 4.34. The van der Waals surface area contributed by atoms with E-state index < -0.39 is 0 Å². The maximum absolute atomic E-state index is 12.0. The lowest BCUT2D eigenvalue weighted by Crippen LogP contribution is -2.44. The fourth-order valence-electron chi connectivity index (χ4n) is 2.96. The van der Waals surface area contributed by atoms with Gasteiger partial charge in [0.25, 0.3) is 0 Å². The van der Waals surface area contributed by atoms with Gasteiger partial charge in [0.2, 0.25) is 11.8 Å². The van der Waals surface area contributed by atoms with Gasteiger partial charge < -0.3 is 10.2 Å². The Bertz CT molecular complexity index is 527. The van der Waals surface area contributed by atoms with E-state index in [1.54, 1.807) is 4.90 Å². The van der Waals surface area contributed by atoms with Gasteiger partial charge in [0.05, 0.1) is 6.54 Å². The third-order valence-electron chi connectivity index (χ3n) is 4.11. The zero-order valence-corrected chi connectivity index (χ0v) is 13.7. The fourth-order valence-corrected chi connectivity index (χ4v) is 3.18. The van der Waals surface area contributed by atoms with Crippen molar-refractivity contribution >= 4 is 23.4 Å². The number of hydrogen-bond donors (Lipinski definition) is 1. The van der Waals surface area contributed by atoms with Gasteiger partial charge in [-0.2, -0.15) is 0 Å². The van der Waals surface area contributed by atoms with Crippen molar-refractivity contribution in [2.75, 3.05) is 13.1 Å². The summed E-state index contributed by atoms with van der Waals surface area (Å²) in [7, 11) is 0. The highest BCUT2D eigenvalue weighted by molar-refractivity contribution is 6.30. The summed E-state index contributed by atoms with van der Waals surface area (Å²) in [5.74, 6) is -0.110. The van der Waals surface area contributed by atoms with Gasteiger partial charge in [-0.25, -0.2) is 0 Å². The molecule has 1 saturated carbocycles. The molecule has 0 heterocycles. The third kappa shape index (κ3) is 5.02. The number of benzene rings is 1. The van der Waals surface area contributed by atoms with Crippen LogP contribution in [0.2, 0.25) is 5.02 Å². The lowest BCUT2D eigenvalue weighted by molar-refractivity contribution is -0.136. The molecule has 2 amide bonds. The molecule has 0 bridgehead atoms. The Labute approximate surface area is 136 Å². The Morgan fingerprint density at radius 2 is 2.05 bits per heavy atom. The molecule has 0 unspecified atom stereocenters. The van der Waals surface area contributed by atoms with Crippen LogP contribution in [0.4, 0.5) is 0 Å². The van der Waals surface area contributed by atoms with Crippen molar-refractivity contribution < 1.29 is 9.59 Å². The summed E-state index contributed by atoms with van der Waals surface area (Å²) in [5.41, 5.74) is 1.09. The molecule has 1 aromatic carbocycles. The number of nitrogens with zero attached hydrogens (tertiary/aromatic N) is 1. The molecule has 120 valence electrons. The molecule has 0 radical (unpaired) electrons. The summed E-state index contributed by atoms with van der Waals surface area (Å²) in [4.78, 5) is 25.5. The summed E-state index contributed by atoms with van der Waals surface area (Å²) in [6.45, 7) is 2.25. The quantitative estimate of drug-likeness (QED) is 0.875. The maximum Gasteiger partial charge on any atom is 0.239 e. The summed E-state index contributed by atoms with van der Waals surface area (Å²) in [5, 5.41) is 3.59. The lowest BCUT2D eigenvalue weighted by atomic mass is 10.1. The van der Waals surface area contributed by atoms with E-state index in [-0.39, 0.29) is 24.4 Å². The number of carbonyl (C=O) groups excluding carboxylic acids is 2. The molecule has 22 heavy (non-hydrogen) atoms. The normalized spacial score (nSPS) is 14.8. The van der Waals surface area contributed by atoms with Crippen LogP contribution in [0.15, 0.2) is 24.3 Å². The van der Waals surface area contributed by atoms with Crippen molar-refractivity contribution in [3.05, 3.63) is 34.9 Å². The van der Waals surface area contributed by atoms with E-state index in [1.165, 1.54) is 6.92 Å². The molecule has 2 rings (SSSR count). The Morgan fingerprint density at radius 3 is 2.68 bits per heavy atom. The van der Waals surface area contributed by atoms with Crippen LogP contribution >= 0.6 is 11.6 Å². The zero-order valence-electron chi connectivity index (χ0n) is 13.0. The van der Waals surface area contributed by atoms with Crippen molar-refractivity contribution in [3.63, 3.8) is 0 Å². The lowest BCUT2D eigenvalue weighted by Gasteiger charge is -2.27. The maximum atomic E-state index is 12.0. The van der Waals surface area contributed by atoms with Crippen LogP contribution in [0.3, 0.4) is 0 Å². The SMILES string of the molecule is CC(=O)N(CC(=O)NCCc1cccc(Cl)c1)C1CCCC1. The minimum atomic E-state index is -0.0934. The highest BCUT2D eigenvalue weighted by atomic mass is 35.5. The second kappa shape index (κ2) is 8.18. The molecule has 1 fully saturated rings. The van der Waals surface area contributed by atoms with Crippen molar-refractivity contribution in [1.82, 2.24) is 10.2 Å². The van der Waals surface area contributed by atoms with Crippen molar-refractivity contribution in [3.8, 4) is 0 Å². The average Bonchev–Trinajstić information content (AvgIpc) is 2.98. The van der Waals surface area contributed by atoms with Crippen LogP contribution < -0.4 is 5.32 Å². The first kappa shape index (κ1) is 16.8. The van der Waals surface area contributed by atoms with Crippen LogP contribution in [0, 0.1) is 0 Å². The van der Waals surface area contributed by atoms with Crippen molar-refractivity contribution in [2.45, 2.75) is 45.1 Å². The number of hydrogen-bond acceptors (Lipinski definition) is 2. The highest BCUT2D eigenvalue weighted by Crippen LogP contribution is 2.23. The van der Waals surface area contributed by atoms with Gasteiger partial charge in [-0.05, 0) is 37.0 Å². The molecule has 1 N–H and O–H groups in total. The first-order valence-electron chi connectivity index (χ1n) is 7.84. The minimum Gasteiger partial charge on any atom is -0.354 e. The van der Waals surface area contributed by atoms with Crippen molar-refractivity contribution in [1.29, 1.82) is 0 Å². The van der Waals surface area contributed by atoms with Gasteiger partial charge in [0, 0.05) is 24.5 Å². The van der Waals surface area contributed by atoms with Gasteiger partial charge >= 0.3 is 0 Å². The highest BCUT2D eigenvalue weighted by Gasteiger charge is 2.25. The monoisotopic (exact) mass is 322 g/mol. The number of amides is 2. The summed E-state index contributed by atoms with van der Waals surface area (Å²) < 4.78 is 0. The molecule has 0 saturated heterocycles. The van der Waals surface area contributed by atoms with E-state index in [1.807, 2.05) is 24.3 Å². The number of carbonyl (C=O) groups is 2. The van der Waals surface area contributed by atoms with E-state index in [0.29, 0.717) is 11.6 Å². The van der Waals surface area contributed by atoms with Gasteiger partial charge in [-0.1, -0.05) is 36.6 Å². The molecule has 1 aliphatic rings. The Hall–Kier alpha value is -1.55. The topological polar surface area (TPSA) is 49.4 Å². The zero-order chi connectivity index (χ0) is 15.9.